The van der Waals surface area contributed by atoms with Crippen molar-refractivity contribution in [3.63, 3.8) is 0 Å². The Morgan fingerprint density at radius 1 is 1.42 bits per heavy atom. The normalized spacial score (nSPS) is 21.7. The lowest BCUT2D eigenvalue weighted by atomic mass is 10.2. The van der Waals surface area contributed by atoms with E-state index in [4.69, 9.17) is 4.98 Å². The van der Waals surface area contributed by atoms with Gasteiger partial charge in [-0.15, -0.1) is 0 Å². The molecule has 2 fully saturated rings. The Balaban J connectivity index is 1.54. The van der Waals surface area contributed by atoms with Gasteiger partial charge in [0, 0.05) is 25.0 Å². The first-order valence-corrected chi connectivity index (χ1v) is 8.85. The van der Waals surface area contributed by atoms with Crippen molar-refractivity contribution in [2.24, 2.45) is 11.8 Å². The van der Waals surface area contributed by atoms with Gasteiger partial charge in [-0.2, -0.15) is 0 Å². The molecule has 2 unspecified atom stereocenters. The Bertz CT molecular complexity index is 794. The van der Waals surface area contributed by atoms with E-state index in [1.807, 2.05) is 11.5 Å². The summed E-state index contributed by atoms with van der Waals surface area (Å²) in [5, 5.41) is 0. The fourth-order valence-electron chi connectivity index (χ4n) is 3.41. The molecule has 0 radical (unpaired) electrons. The number of ether oxygens (including phenoxy) is 1. The van der Waals surface area contributed by atoms with E-state index in [0.717, 1.165) is 46.5 Å². The van der Waals surface area contributed by atoms with Crippen LogP contribution in [0, 0.1) is 18.8 Å². The minimum atomic E-state index is -0.423. The first-order chi connectivity index (χ1) is 11.5. The molecule has 2 atom stereocenters. The molecular weight excluding hydrogens is 372 g/mol. The molecule has 2 aromatic heterocycles. The molecule has 4 rings (SSSR count). The molecule has 7 heteroatoms. The molecule has 0 amide bonds. The number of nitrogens with zero attached hydrogens (tertiary/aromatic N) is 4. The molecule has 3 heterocycles. The third-order valence-corrected chi connectivity index (χ3v) is 5.50. The van der Waals surface area contributed by atoms with Crippen LogP contribution in [0.15, 0.2) is 23.1 Å². The highest BCUT2D eigenvalue weighted by molar-refractivity contribution is 9.10. The van der Waals surface area contributed by atoms with E-state index in [0.29, 0.717) is 12.2 Å². The summed E-state index contributed by atoms with van der Waals surface area (Å²) in [5.74, 6) is 2.37. The predicted molar refractivity (Wildman–Crippen MR) is 93.2 cm³/mol. The smallest absolute Gasteiger partial charge is 0.358 e. The van der Waals surface area contributed by atoms with Gasteiger partial charge in [0.05, 0.1) is 24.5 Å². The number of imidazole rings is 1. The summed E-state index contributed by atoms with van der Waals surface area (Å²) in [7, 11) is 1.35. The second kappa shape index (κ2) is 5.88. The number of methoxy groups -OCH3 is 1. The van der Waals surface area contributed by atoms with Crippen molar-refractivity contribution < 1.29 is 9.53 Å². The second-order valence-electron chi connectivity index (χ2n) is 6.62. The quantitative estimate of drug-likeness (QED) is 0.750. The largest absolute Gasteiger partial charge is 0.464 e. The molecule has 6 nitrogen and oxygen atoms in total. The van der Waals surface area contributed by atoms with E-state index in [9.17, 15) is 4.79 Å². The second-order valence-corrected chi connectivity index (χ2v) is 7.48. The topological polar surface area (TPSA) is 60.2 Å². The molecule has 24 heavy (non-hydrogen) atoms. The van der Waals surface area contributed by atoms with E-state index in [2.05, 4.69) is 36.6 Å². The number of carbonyl (C=O) groups is 1. The maximum atomic E-state index is 11.5. The van der Waals surface area contributed by atoms with Crippen molar-refractivity contribution >= 4 is 27.7 Å². The van der Waals surface area contributed by atoms with Crippen LogP contribution in [-0.2, 0) is 11.3 Å². The maximum absolute atomic E-state index is 11.5. The van der Waals surface area contributed by atoms with Gasteiger partial charge in [-0.05, 0) is 52.7 Å². The highest BCUT2D eigenvalue weighted by Crippen LogP contribution is 2.47. The van der Waals surface area contributed by atoms with Crippen LogP contribution in [0.4, 0.5) is 5.82 Å². The van der Waals surface area contributed by atoms with Crippen LogP contribution in [0.2, 0.25) is 0 Å². The lowest BCUT2D eigenvalue weighted by Crippen LogP contribution is -2.24. The van der Waals surface area contributed by atoms with Crippen molar-refractivity contribution in [2.75, 3.05) is 25.1 Å². The van der Waals surface area contributed by atoms with Crippen LogP contribution in [0.3, 0.4) is 0 Å². The molecule has 1 aliphatic carbocycles. The highest BCUT2D eigenvalue weighted by atomic mass is 79.9. The maximum Gasteiger partial charge on any atom is 0.358 e. The lowest BCUT2D eigenvalue weighted by Gasteiger charge is -2.22. The van der Waals surface area contributed by atoms with Crippen LogP contribution in [0.1, 0.15) is 28.2 Å². The van der Waals surface area contributed by atoms with E-state index in [1.165, 1.54) is 13.5 Å². The Labute approximate surface area is 149 Å². The number of hydrogen-bond donors (Lipinski definition) is 0. The number of aromatic nitrogens is 3. The van der Waals surface area contributed by atoms with Crippen LogP contribution in [0.25, 0.3) is 0 Å². The Morgan fingerprint density at radius 3 is 2.88 bits per heavy atom. The summed E-state index contributed by atoms with van der Waals surface area (Å²) >= 11 is 3.68. The van der Waals surface area contributed by atoms with Crippen LogP contribution >= 0.6 is 15.9 Å². The van der Waals surface area contributed by atoms with Crippen LogP contribution < -0.4 is 4.90 Å². The van der Waals surface area contributed by atoms with Crippen LogP contribution in [0.5, 0.6) is 0 Å². The molecule has 0 spiro atoms. The first-order valence-electron chi connectivity index (χ1n) is 8.06. The lowest BCUT2D eigenvalue weighted by molar-refractivity contribution is 0.0594. The minimum Gasteiger partial charge on any atom is -0.464 e. The van der Waals surface area contributed by atoms with Crippen molar-refractivity contribution in [2.45, 2.75) is 19.9 Å². The summed E-state index contributed by atoms with van der Waals surface area (Å²) in [4.78, 5) is 22.8. The third kappa shape index (κ3) is 2.81. The number of fused-ring (bicyclic) bond motifs is 1. The predicted octanol–water partition coefficient (Wildman–Crippen LogP) is 2.64. The third-order valence-electron chi connectivity index (χ3n) is 4.91. The molecule has 2 aliphatic rings. The number of hydrogen-bond acceptors (Lipinski definition) is 5. The monoisotopic (exact) mass is 390 g/mol. The zero-order valence-electron chi connectivity index (χ0n) is 13.7. The number of pyridine rings is 1. The summed E-state index contributed by atoms with van der Waals surface area (Å²) < 4.78 is 7.58. The minimum absolute atomic E-state index is 0.315. The van der Waals surface area contributed by atoms with Gasteiger partial charge in [0.2, 0.25) is 0 Å². The molecule has 0 aromatic carbocycles. The molecule has 126 valence electrons. The number of piperidine rings is 1. The van der Waals surface area contributed by atoms with Crippen molar-refractivity contribution in [1.29, 1.82) is 0 Å². The number of rotatable bonds is 4. The van der Waals surface area contributed by atoms with Crippen molar-refractivity contribution in [3.8, 4) is 0 Å². The molecular formula is C17H19BrN4O2. The van der Waals surface area contributed by atoms with Gasteiger partial charge in [-0.1, -0.05) is 0 Å². The average Bonchev–Trinajstić information content (AvgIpc) is 2.98. The van der Waals surface area contributed by atoms with E-state index < -0.39 is 5.97 Å². The number of halogens is 1. The zero-order valence-corrected chi connectivity index (χ0v) is 15.3. The fourth-order valence-corrected chi connectivity index (χ4v) is 4.03. The first kappa shape index (κ1) is 15.6. The van der Waals surface area contributed by atoms with Gasteiger partial charge in [-0.25, -0.2) is 14.8 Å². The van der Waals surface area contributed by atoms with Crippen molar-refractivity contribution in [3.05, 3.63) is 40.0 Å². The van der Waals surface area contributed by atoms with Gasteiger partial charge in [0.15, 0.2) is 5.69 Å². The number of aryl methyl sites for hydroxylation is 1. The fraction of sp³-hybridized carbons (Fsp3) is 0.471. The number of carbonyl (C=O) groups excluding carboxylic acids is 1. The van der Waals surface area contributed by atoms with Gasteiger partial charge in [0.1, 0.15) is 5.82 Å². The van der Waals surface area contributed by atoms with Crippen LogP contribution in [-0.4, -0.2) is 40.7 Å². The van der Waals surface area contributed by atoms with E-state index in [1.54, 1.807) is 12.5 Å². The van der Waals surface area contributed by atoms with Gasteiger partial charge in [-0.3, -0.25) is 0 Å². The average molecular weight is 391 g/mol. The zero-order chi connectivity index (χ0) is 16.8. The molecule has 0 bridgehead atoms. The summed E-state index contributed by atoms with van der Waals surface area (Å²) in [6.07, 6.45) is 4.72. The molecule has 2 aromatic rings. The standard InChI is InChI=1S/C17H19BrN4O2/c1-10-11(5-21-8-15(19-9-21)17(23)24-2)4-14(18)16(20-10)22-6-12-3-13(12)7-22/h4,8-9,12-13H,3,5-7H2,1-2H3. The highest BCUT2D eigenvalue weighted by Gasteiger charge is 2.45. The Morgan fingerprint density at radius 2 is 2.17 bits per heavy atom. The van der Waals surface area contributed by atoms with Crippen molar-refractivity contribution in [1.82, 2.24) is 14.5 Å². The molecule has 0 N–H and O–H groups in total. The number of esters is 1. The van der Waals surface area contributed by atoms with Gasteiger partial charge < -0.3 is 14.2 Å². The van der Waals surface area contributed by atoms with Gasteiger partial charge in [0.25, 0.3) is 0 Å². The SMILES string of the molecule is COC(=O)c1cn(Cc2cc(Br)c(N3CC4CC4C3)nc2C)cn1. The molecule has 1 saturated carbocycles. The number of anilines is 1. The van der Waals surface area contributed by atoms with E-state index in [-0.39, 0.29) is 0 Å². The summed E-state index contributed by atoms with van der Waals surface area (Å²) in [6.45, 7) is 4.89. The molecule has 1 saturated heterocycles. The molecule has 1 aliphatic heterocycles. The summed E-state index contributed by atoms with van der Waals surface area (Å²) in [6, 6.07) is 2.12. The Kier molecular flexibility index (Phi) is 3.83. The summed E-state index contributed by atoms with van der Waals surface area (Å²) in [5.41, 5.74) is 2.42. The van der Waals surface area contributed by atoms with E-state index >= 15 is 0 Å². The Hall–Kier alpha value is -1.89. The van der Waals surface area contributed by atoms with Gasteiger partial charge >= 0.3 is 5.97 Å².